The number of aromatic hydroxyl groups is 1. The summed E-state index contributed by atoms with van der Waals surface area (Å²) >= 11 is 0. The molecule has 2 atom stereocenters. The van der Waals surface area contributed by atoms with E-state index in [0.29, 0.717) is 11.1 Å². The molecular weight excluding hydrogens is 544 g/mol. The molecule has 0 aromatic heterocycles. The van der Waals surface area contributed by atoms with Gasteiger partial charge in [0.25, 0.3) is 0 Å². The monoisotopic (exact) mass is 582 g/mol. The number of phenols is 1. The summed E-state index contributed by atoms with van der Waals surface area (Å²) in [6, 6.07) is 40.5. The van der Waals surface area contributed by atoms with Crippen molar-refractivity contribution in [2.24, 2.45) is 9.98 Å². The van der Waals surface area contributed by atoms with Gasteiger partial charge in [-0.25, -0.2) is 0 Å². The van der Waals surface area contributed by atoms with Gasteiger partial charge in [-0.05, 0) is 60.7 Å². The van der Waals surface area contributed by atoms with E-state index in [1.807, 2.05) is 154 Å². The molecule has 5 aromatic rings. The zero-order valence-electron chi connectivity index (χ0n) is 25.2. The molecule has 5 nitrogen and oxygen atoms in total. The average molecular weight is 583 g/mol. The number of aliphatic imine (C=N–C) groups is 2. The Kier molecular flexibility index (Phi) is 9.19. The summed E-state index contributed by atoms with van der Waals surface area (Å²) in [6.07, 6.45) is 3.21. The van der Waals surface area contributed by atoms with Crippen molar-refractivity contribution in [2.45, 2.75) is 44.1 Å². The quantitative estimate of drug-likeness (QED) is 0.152. The lowest BCUT2D eigenvalue weighted by atomic mass is 9.81. The molecule has 3 N–H and O–H groups in total. The molecule has 0 aliphatic heterocycles. The number of benzene rings is 5. The van der Waals surface area contributed by atoms with Crippen LogP contribution in [0.25, 0.3) is 0 Å². The Morgan fingerprint density at radius 1 is 0.523 bits per heavy atom. The van der Waals surface area contributed by atoms with Crippen LogP contribution in [0, 0.1) is 6.92 Å². The first kappa shape index (κ1) is 30.6. The van der Waals surface area contributed by atoms with Crippen LogP contribution >= 0.6 is 0 Å². The Labute approximate surface area is 259 Å². The normalized spacial score (nSPS) is 13.8. The van der Waals surface area contributed by atoms with E-state index in [1.54, 1.807) is 12.4 Å². The topological polar surface area (TPSA) is 85.4 Å². The van der Waals surface area contributed by atoms with E-state index in [0.717, 1.165) is 27.8 Å². The third-order valence-corrected chi connectivity index (χ3v) is 8.25. The largest absolute Gasteiger partial charge is 0.507 e. The molecule has 5 aromatic carbocycles. The van der Waals surface area contributed by atoms with E-state index < -0.39 is 23.3 Å². The number of aliphatic hydroxyl groups is 2. The molecule has 0 spiro atoms. The summed E-state index contributed by atoms with van der Waals surface area (Å²) in [5.41, 5.74) is 2.10. The summed E-state index contributed by atoms with van der Waals surface area (Å²) < 4.78 is 0. The summed E-state index contributed by atoms with van der Waals surface area (Å²) in [5.74, 6) is 0.0217. The summed E-state index contributed by atoms with van der Waals surface area (Å²) in [4.78, 5) is 9.51. The van der Waals surface area contributed by atoms with Gasteiger partial charge in [-0.1, -0.05) is 121 Å². The maximum Gasteiger partial charge on any atom is 0.137 e. The third kappa shape index (κ3) is 6.11. The first-order chi connectivity index (χ1) is 21.2. The minimum absolute atomic E-state index is 0.0217. The lowest BCUT2D eigenvalue weighted by molar-refractivity contribution is 0.0587. The standard InChI is InChI=1S/C39H38N2O3/c1-28-24-31(26-40-29(2)38(43,33-16-8-4-9-17-33)34-18-10-5-11-19-34)37(42)32(25-28)27-41-30(3)39(44,35-20-12-6-13-21-35)36-22-14-7-15-23-36/h4-27,29-30,42-44H,1-3H3/t29-,30-/m0/s1. The van der Waals surface area contributed by atoms with Crippen molar-refractivity contribution >= 4 is 12.4 Å². The predicted octanol–water partition coefficient (Wildman–Crippen LogP) is 7.19. The predicted molar refractivity (Wildman–Crippen MR) is 179 cm³/mol. The van der Waals surface area contributed by atoms with E-state index >= 15 is 0 Å². The van der Waals surface area contributed by atoms with Gasteiger partial charge in [-0.2, -0.15) is 0 Å². The van der Waals surface area contributed by atoms with Crippen LogP contribution < -0.4 is 0 Å². The van der Waals surface area contributed by atoms with Crippen LogP contribution in [-0.2, 0) is 11.2 Å². The van der Waals surface area contributed by atoms with Gasteiger partial charge in [0.05, 0.1) is 12.1 Å². The summed E-state index contributed by atoms with van der Waals surface area (Å²) in [6.45, 7) is 5.66. The molecule has 44 heavy (non-hydrogen) atoms. The Morgan fingerprint density at radius 3 is 1.07 bits per heavy atom. The Balaban J connectivity index is 1.47. The molecule has 0 saturated carbocycles. The average Bonchev–Trinajstić information content (AvgIpc) is 3.08. The van der Waals surface area contributed by atoms with Gasteiger partial charge in [0.15, 0.2) is 0 Å². The van der Waals surface area contributed by atoms with Crippen LogP contribution in [0.15, 0.2) is 143 Å². The fourth-order valence-electron chi connectivity index (χ4n) is 5.70. The van der Waals surface area contributed by atoms with Gasteiger partial charge in [0.2, 0.25) is 0 Å². The first-order valence-corrected chi connectivity index (χ1v) is 14.8. The second-order valence-corrected chi connectivity index (χ2v) is 11.2. The number of rotatable bonds is 10. The van der Waals surface area contributed by atoms with E-state index in [-0.39, 0.29) is 5.75 Å². The molecule has 5 heteroatoms. The highest BCUT2D eigenvalue weighted by Gasteiger charge is 2.38. The van der Waals surface area contributed by atoms with Crippen LogP contribution in [-0.4, -0.2) is 39.8 Å². The summed E-state index contributed by atoms with van der Waals surface area (Å²) in [7, 11) is 0. The molecule has 0 saturated heterocycles. The number of aryl methyl sites for hydroxylation is 1. The van der Waals surface area contributed by atoms with Crippen molar-refractivity contribution in [1.82, 2.24) is 0 Å². The van der Waals surface area contributed by atoms with E-state index in [4.69, 9.17) is 9.98 Å². The van der Waals surface area contributed by atoms with Crippen molar-refractivity contribution in [3.05, 3.63) is 172 Å². The van der Waals surface area contributed by atoms with Crippen LogP contribution in [0.4, 0.5) is 0 Å². The first-order valence-electron chi connectivity index (χ1n) is 14.8. The molecular formula is C39H38N2O3. The highest BCUT2D eigenvalue weighted by Crippen LogP contribution is 2.36. The maximum atomic E-state index is 12.1. The third-order valence-electron chi connectivity index (χ3n) is 8.25. The number of nitrogens with zero attached hydrogens (tertiary/aromatic N) is 2. The molecule has 0 radical (unpaired) electrons. The SMILES string of the molecule is Cc1cc(C=N[C@@H](C)C(O)(c2ccccc2)c2ccccc2)c(O)c(C=N[C@@H](C)C(O)(c2ccccc2)c2ccccc2)c1. The van der Waals surface area contributed by atoms with Gasteiger partial charge >= 0.3 is 0 Å². The molecule has 0 fully saturated rings. The van der Waals surface area contributed by atoms with Crippen molar-refractivity contribution < 1.29 is 15.3 Å². The van der Waals surface area contributed by atoms with Crippen LogP contribution in [0.2, 0.25) is 0 Å². The van der Waals surface area contributed by atoms with Crippen LogP contribution in [0.3, 0.4) is 0 Å². The van der Waals surface area contributed by atoms with E-state index in [1.165, 1.54) is 0 Å². The van der Waals surface area contributed by atoms with Crippen molar-refractivity contribution in [2.75, 3.05) is 0 Å². The molecule has 0 bridgehead atoms. The zero-order valence-corrected chi connectivity index (χ0v) is 25.2. The van der Waals surface area contributed by atoms with E-state index in [9.17, 15) is 15.3 Å². The van der Waals surface area contributed by atoms with Gasteiger partial charge in [0, 0.05) is 23.6 Å². The summed E-state index contributed by atoms with van der Waals surface area (Å²) in [5, 5.41) is 35.4. The molecule has 0 aliphatic carbocycles. The zero-order chi connectivity index (χ0) is 31.2. The fraction of sp³-hybridized carbons (Fsp3) is 0.179. The van der Waals surface area contributed by atoms with Gasteiger partial charge in [-0.15, -0.1) is 0 Å². The molecule has 0 aliphatic rings. The molecule has 0 heterocycles. The lowest BCUT2D eigenvalue weighted by Gasteiger charge is -2.33. The maximum absolute atomic E-state index is 12.1. The highest BCUT2D eigenvalue weighted by atomic mass is 16.3. The van der Waals surface area contributed by atoms with Crippen LogP contribution in [0.5, 0.6) is 5.75 Å². The molecule has 0 amide bonds. The number of hydrogen-bond donors (Lipinski definition) is 3. The van der Waals surface area contributed by atoms with Gasteiger partial charge in [0.1, 0.15) is 17.0 Å². The second kappa shape index (κ2) is 13.2. The van der Waals surface area contributed by atoms with Gasteiger partial charge in [-0.3, -0.25) is 9.98 Å². The second-order valence-electron chi connectivity index (χ2n) is 11.2. The van der Waals surface area contributed by atoms with Crippen molar-refractivity contribution in [3.8, 4) is 5.75 Å². The van der Waals surface area contributed by atoms with Gasteiger partial charge < -0.3 is 15.3 Å². The van der Waals surface area contributed by atoms with Crippen molar-refractivity contribution in [1.29, 1.82) is 0 Å². The minimum Gasteiger partial charge on any atom is -0.507 e. The molecule has 222 valence electrons. The number of phenolic OH excluding ortho intramolecular Hbond substituents is 1. The Morgan fingerprint density at radius 2 is 0.795 bits per heavy atom. The highest BCUT2D eigenvalue weighted by molar-refractivity contribution is 5.92. The molecule has 0 unspecified atom stereocenters. The van der Waals surface area contributed by atoms with E-state index in [2.05, 4.69) is 0 Å². The molecule has 5 rings (SSSR count). The Bertz CT molecular complexity index is 1510. The minimum atomic E-state index is -1.38. The number of hydrogen-bond acceptors (Lipinski definition) is 5. The lowest BCUT2D eigenvalue weighted by Crippen LogP contribution is -2.38. The Hall–Kier alpha value is -4.84. The smallest absolute Gasteiger partial charge is 0.137 e. The fourth-order valence-corrected chi connectivity index (χ4v) is 5.70. The van der Waals surface area contributed by atoms with Crippen molar-refractivity contribution in [3.63, 3.8) is 0 Å². The van der Waals surface area contributed by atoms with Crippen LogP contribution in [0.1, 0.15) is 52.8 Å².